The Morgan fingerprint density at radius 1 is 1.00 bits per heavy atom. The second-order valence-electron chi connectivity index (χ2n) is 1.30. The Labute approximate surface area is 74.5 Å². The molecule has 0 aliphatic carbocycles. The molecule has 1 aliphatic rings. The van der Waals surface area contributed by atoms with Crippen LogP contribution in [-0.4, -0.2) is 24.3 Å². The van der Waals surface area contributed by atoms with Gasteiger partial charge in [-0.15, -0.1) is 0 Å². The second-order valence-corrected chi connectivity index (χ2v) is 4.88. The number of halogens is 2. The predicted octanol–water partition coefficient (Wildman–Crippen LogP) is 0.759. The van der Waals surface area contributed by atoms with E-state index < -0.39 is 15.0 Å². The van der Waals surface area contributed by atoms with Gasteiger partial charge in [-0.1, -0.05) is 0 Å². The van der Waals surface area contributed by atoms with Gasteiger partial charge < -0.3 is 0 Å². The zero-order valence-corrected chi connectivity index (χ0v) is 8.87. The van der Waals surface area contributed by atoms with Gasteiger partial charge in [-0.25, -0.2) is 0 Å². The first kappa shape index (κ1) is 7.66. The van der Waals surface area contributed by atoms with E-state index in [1.807, 2.05) is 0 Å². The molecule has 9 heavy (non-hydrogen) atoms. The van der Waals surface area contributed by atoms with Gasteiger partial charge in [0, 0.05) is 0 Å². The topological polar surface area (TPSA) is 34.1 Å². The van der Waals surface area contributed by atoms with Crippen molar-refractivity contribution in [3.05, 3.63) is 8.96 Å². The van der Waals surface area contributed by atoms with Crippen molar-refractivity contribution in [2.45, 2.75) is 0 Å². The van der Waals surface area contributed by atoms with Gasteiger partial charge >= 0.3 is 74.7 Å². The van der Waals surface area contributed by atoms with E-state index >= 15 is 0 Å². The van der Waals surface area contributed by atoms with Crippen molar-refractivity contribution in [3.63, 3.8) is 0 Å². The van der Waals surface area contributed by atoms with Crippen molar-refractivity contribution in [2.75, 3.05) is 0 Å². The summed E-state index contributed by atoms with van der Waals surface area (Å²) in [6, 6.07) is 0. The fourth-order valence-electron chi connectivity index (χ4n) is 0.353. The SMILES string of the molecule is O=C1[Se]C(=O)C(Br)=C1Br. The summed E-state index contributed by atoms with van der Waals surface area (Å²) in [5, 5.41) is 0. The molecule has 1 heterocycles. The maximum atomic E-state index is 10.7. The molecule has 1 rings (SSSR count). The average molecular weight is 319 g/mol. The molecule has 48 valence electrons. The first-order chi connectivity index (χ1) is 4.13. The molecular formula is C4Br2O2Se. The molecule has 0 aromatic rings. The van der Waals surface area contributed by atoms with E-state index in [1.165, 1.54) is 0 Å². The zero-order valence-electron chi connectivity index (χ0n) is 3.98. The Bertz CT molecular complexity index is 199. The normalized spacial score (nSPS) is 19.8. The van der Waals surface area contributed by atoms with Crippen LogP contribution in [0.1, 0.15) is 0 Å². The van der Waals surface area contributed by atoms with Gasteiger partial charge in [-0.2, -0.15) is 0 Å². The molecule has 0 bridgehead atoms. The van der Waals surface area contributed by atoms with E-state index in [9.17, 15) is 9.59 Å². The number of carbonyl (C=O) groups is 2. The summed E-state index contributed by atoms with van der Waals surface area (Å²) in [6.45, 7) is 0. The summed E-state index contributed by atoms with van der Waals surface area (Å²) in [4.78, 5) is 21.3. The van der Waals surface area contributed by atoms with Crippen LogP contribution in [0, 0.1) is 0 Å². The third-order valence-electron chi connectivity index (χ3n) is 0.737. The number of hydrogen-bond donors (Lipinski definition) is 0. The van der Waals surface area contributed by atoms with Crippen molar-refractivity contribution in [2.24, 2.45) is 0 Å². The van der Waals surface area contributed by atoms with Gasteiger partial charge in [0.25, 0.3) is 0 Å². The fourth-order valence-corrected chi connectivity index (χ4v) is 3.30. The number of allylic oxidation sites excluding steroid dienone is 2. The standard InChI is InChI=1S/C4Br2O2Se/c5-1-2(6)4(8)9-3(1)7. The molecule has 0 N–H and O–H groups in total. The first-order valence-corrected chi connectivity index (χ1v) is 5.24. The molecule has 1 aliphatic heterocycles. The number of carbonyl (C=O) groups excluding carboxylic acids is 2. The molecule has 2 nitrogen and oxygen atoms in total. The Kier molecular flexibility index (Phi) is 2.27. The molecule has 0 amide bonds. The van der Waals surface area contributed by atoms with Crippen LogP contribution in [0.2, 0.25) is 0 Å². The van der Waals surface area contributed by atoms with Crippen molar-refractivity contribution >= 4 is 56.2 Å². The molecule has 0 fully saturated rings. The third kappa shape index (κ3) is 1.34. The van der Waals surface area contributed by atoms with Crippen molar-refractivity contribution in [1.82, 2.24) is 0 Å². The molecule has 0 unspecified atom stereocenters. The molecular weight excluding hydrogens is 319 g/mol. The minimum atomic E-state index is -0.516. The average Bonchev–Trinajstić information content (AvgIpc) is 1.98. The molecule has 0 saturated heterocycles. The molecule has 0 spiro atoms. The van der Waals surface area contributed by atoms with Gasteiger partial charge in [0.1, 0.15) is 0 Å². The summed E-state index contributed by atoms with van der Waals surface area (Å²) in [7, 11) is 0. The number of rotatable bonds is 0. The summed E-state index contributed by atoms with van der Waals surface area (Å²) in [5.74, 6) is 0. The minimum absolute atomic E-state index is 0.0839. The molecule has 0 atom stereocenters. The van der Waals surface area contributed by atoms with Crippen LogP contribution in [0.15, 0.2) is 8.96 Å². The quantitative estimate of drug-likeness (QED) is 0.618. The summed E-state index contributed by atoms with van der Waals surface area (Å²) in [6.07, 6.45) is 0. The maximum absolute atomic E-state index is 10.7. The number of hydrogen-bond acceptors (Lipinski definition) is 2. The summed E-state index contributed by atoms with van der Waals surface area (Å²) < 4.78 is 0.624. The van der Waals surface area contributed by atoms with E-state index in [-0.39, 0.29) is 9.36 Å². The van der Waals surface area contributed by atoms with Crippen LogP contribution < -0.4 is 0 Å². The fraction of sp³-hybridized carbons (Fsp3) is 0. The van der Waals surface area contributed by atoms with Crippen molar-refractivity contribution < 1.29 is 9.59 Å². The van der Waals surface area contributed by atoms with E-state index in [4.69, 9.17) is 0 Å². The van der Waals surface area contributed by atoms with Crippen LogP contribution >= 0.6 is 31.9 Å². The van der Waals surface area contributed by atoms with Crippen LogP contribution in [0.25, 0.3) is 0 Å². The van der Waals surface area contributed by atoms with Crippen molar-refractivity contribution in [3.8, 4) is 0 Å². The molecule has 0 aromatic carbocycles. The Morgan fingerprint density at radius 2 is 1.33 bits per heavy atom. The van der Waals surface area contributed by atoms with Crippen LogP contribution in [0.5, 0.6) is 0 Å². The molecule has 0 saturated carbocycles. The van der Waals surface area contributed by atoms with Gasteiger partial charge in [0.15, 0.2) is 0 Å². The van der Waals surface area contributed by atoms with E-state index in [1.54, 1.807) is 0 Å². The third-order valence-corrected chi connectivity index (χ3v) is 5.60. The van der Waals surface area contributed by atoms with Crippen molar-refractivity contribution in [1.29, 1.82) is 0 Å². The van der Waals surface area contributed by atoms with Gasteiger partial charge in [0.2, 0.25) is 0 Å². The van der Waals surface area contributed by atoms with E-state index in [2.05, 4.69) is 31.9 Å². The van der Waals surface area contributed by atoms with E-state index in [0.29, 0.717) is 8.96 Å². The first-order valence-electron chi connectivity index (χ1n) is 1.94. The Hall–Kier alpha value is 0.559. The molecule has 0 radical (unpaired) electrons. The summed E-state index contributed by atoms with van der Waals surface area (Å²) in [5.41, 5.74) is 0. The second kappa shape index (κ2) is 2.66. The van der Waals surface area contributed by atoms with Crippen LogP contribution in [-0.2, 0) is 9.59 Å². The van der Waals surface area contributed by atoms with Crippen LogP contribution in [0.3, 0.4) is 0 Å². The Balaban J connectivity index is 3.06. The zero-order chi connectivity index (χ0) is 7.02. The van der Waals surface area contributed by atoms with Gasteiger partial charge in [-0.05, 0) is 0 Å². The predicted molar refractivity (Wildman–Crippen MR) is 40.6 cm³/mol. The molecule has 5 heteroatoms. The van der Waals surface area contributed by atoms with Gasteiger partial charge in [0.05, 0.1) is 0 Å². The van der Waals surface area contributed by atoms with Crippen LogP contribution in [0.4, 0.5) is 0 Å². The Morgan fingerprint density at radius 3 is 1.44 bits per heavy atom. The monoisotopic (exact) mass is 318 g/mol. The van der Waals surface area contributed by atoms with Gasteiger partial charge in [-0.3, -0.25) is 0 Å². The molecule has 0 aromatic heterocycles. The van der Waals surface area contributed by atoms with E-state index in [0.717, 1.165) is 0 Å². The summed E-state index contributed by atoms with van der Waals surface area (Å²) >= 11 is 5.46.